The number of hydrogen-bond donors (Lipinski definition) is 3. The lowest BCUT2D eigenvalue weighted by atomic mass is 10.1. The van der Waals surface area contributed by atoms with Gasteiger partial charge in [-0.25, -0.2) is 18.2 Å². The van der Waals surface area contributed by atoms with E-state index in [4.69, 9.17) is 0 Å². The zero-order valence-corrected chi connectivity index (χ0v) is 21.3. The maximum absolute atomic E-state index is 13.2. The van der Waals surface area contributed by atoms with Crippen molar-refractivity contribution >= 4 is 60.4 Å². The Morgan fingerprint density at radius 3 is 2.60 bits per heavy atom. The summed E-state index contributed by atoms with van der Waals surface area (Å²) in [5, 5.41) is 9.91. The molecule has 2 aliphatic heterocycles. The highest BCUT2D eigenvalue weighted by Gasteiger charge is 2.34. The minimum atomic E-state index is -3.52. The summed E-state index contributed by atoms with van der Waals surface area (Å²) in [6.07, 6.45) is 3.51. The lowest BCUT2D eigenvalue weighted by molar-refractivity contribution is 0.0935. The summed E-state index contributed by atoms with van der Waals surface area (Å²) in [5.74, 6) is -0.229. The van der Waals surface area contributed by atoms with Gasteiger partial charge in [-0.2, -0.15) is 0 Å². The fourth-order valence-corrected chi connectivity index (χ4v) is 6.58. The molecule has 0 saturated carbocycles. The van der Waals surface area contributed by atoms with Crippen molar-refractivity contribution in [1.82, 2.24) is 15.6 Å². The Morgan fingerprint density at radius 1 is 1.20 bits per heavy atom. The average Bonchev–Trinajstić information content (AvgIpc) is 3.19. The second-order valence-corrected chi connectivity index (χ2v) is 13.4. The molecule has 1 atom stereocenters. The third-order valence-electron chi connectivity index (χ3n) is 6.30. The number of benzene rings is 1. The van der Waals surface area contributed by atoms with Crippen LogP contribution in [0.25, 0.3) is 10.2 Å². The fourth-order valence-electron chi connectivity index (χ4n) is 4.35. The zero-order valence-electron chi connectivity index (χ0n) is 19.7. The maximum atomic E-state index is 13.2. The van der Waals surface area contributed by atoms with Crippen molar-refractivity contribution in [1.29, 1.82) is 0 Å². The van der Waals surface area contributed by atoms with E-state index in [0.717, 1.165) is 25.9 Å². The summed E-state index contributed by atoms with van der Waals surface area (Å²) < 4.78 is 24.6. The van der Waals surface area contributed by atoms with Gasteiger partial charge in [0.15, 0.2) is 9.84 Å². The molecule has 5 rings (SSSR count). The molecule has 35 heavy (non-hydrogen) atoms. The van der Waals surface area contributed by atoms with Gasteiger partial charge in [0.1, 0.15) is 9.71 Å². The normalized spacial score (nSPS) is 18.4. The van der Waals surface area contributed by atoms with Gasteiger partial charge in [-0.15, -0.1) is 11.3 Å². The number of nitrogens with one attached hydrogen (secondary N) is 3. The summed E-state index contributed by atoms with van der Waals surface area (Å²) in [4.78, 5) is 33.5. The van der Waals surface area contributed by atoms with Gasteiger partial charge >= 0.3 is 6.03 Å². The van der Waals surface area contributed by atoms with E-state index in [-0.39, 0.29) is 16.8 Å². The van der Waals surface area contributed by atoms with E-state index in [1.54, 1.807) is 45.2 Å². The van der Waals surface area contributed by atoms with E-state index >= 15 is 0 Å². The molecule has 2 aromatic heterocycles. The van der Waals surface area contributed by atoms with Crippen LogP contribution in [0.1, 0.15) is 43.3 Å². The van der Waals surface area contributed by atoms with E-state index in [0.29, 0.717) is 32.2 Å². The molecular formula is C24H27N5O4S2. The van der Waals surface area contributed by atoms with Crippen LogP contribution in [0.2, 0.25) is 0 Å². The van der Waals surface area contributed by atoms with E-state index in [2.05, 4.69) is 20.9 Å². The first-order valence-corrected chi connectivity index (χ1v) is 13.8. The van der Waals surface area contributed by atoms with Crippen molar-refractivity contribution in [2.45, 2.75) is 49.3 Å². The predicted octanol–water partition coefficient (Wildman–Crippen LogP) is 4.03. The first kappa shape index (κ1) is 23.7. The van der Waals surface area contributed by atoms with E-state index in [1.807, 2.05) is 0 Å². The molecule has 2 aliphatic rings. The SMILES string of the molecule is CC(C)(C)S(=O)(=O)c1ccc(N2C(=O)Nc3c(C(=O)NC4CCCNC4)sc4nccc2c34)cc1. The molecule has 0 bridgehead atoms. The third-order valence-corrected chi connectivity index (χ3v) is 9.90. The first-order valence-electron chi connectivity index (χ1n) is 11.5. The summed E-state index contributed by atoms with van der Waals surface area (Å²) in [7, 11) is -3.52. The predicted molar refractivity (Wildman–Crippen MR) is 138 cm³/mol. The van der Waals surface area contributed by atoms with Gasteiger partial charge in [0.25, 0.3) is 5.91 Å². The summed E-state index contributed by atoms with van der Waals surface area (Å²) in [6, 6.07) is 7.60. The number of piperidine rings is 1. The number of urea groups is 1. The quantitative estimate of drug-likeness (QED) is 0.484. The minimum Gasteiger partial charge on any atom is -0.347 e. The van der Waals surface area contributed by atoms with Crippen molar-refractivity contribution in [3.05, 3.63) is 41.4 Å². The molecule has 3 amide bonds. The highest BCUT2D eigenvalue weighted by molar-refractivity contribution is 7.92. The Bertz CT molecular complexity index is 1420. The highest BCUT2D eigenvalue weighted by atomic mass is 32.2. The minimum absolute atomic E-state index is 0.0415. The number of carbonyl (C=O) groups excluding carboxylic acids is 2. The van der Waals surface area contributed by atoms with Crippen LogP contribution in [0, 0.1) is 0 Å². The molecule has 1 saturated heterocycles. The molecule has 1 fully saturated rings. The fraction of sp³-hybridized carbons (Fsp3) is 0.375. The lowest BCUT2D eigenvalue weighted by Crippen LogP contribution is -2.45. The molecule has 11 heteroatoms. The van der Waals surface area contributed by atoms with Crippen LogP contribution in [0.5, 0.6) is 0 Å². The van der Waals surface area contributed by atoms with E-state index in [9.17, 15) is 18.0 Å². The van der Waals surface area contributed by atoms with Gasteiger partial charge in [-0.05, 0) is 70.5 Å². The number of carbonyl (C=O) groups is 2. The van der Waals surface area contributed by atoms with Crippen LogP contribution < -0.4 is 20.9 Å². The zero-order chi connectivity index (χ0) is 25.0. The number of sulfone groups is 1. The number of rotatable bonds is 4. The molecule has 1 aromatic carbocycles. The topological polar surface area (TPSA) is 121 Å². The Morgan fingerprint density at radius 2 is 1.94 bits per heavy atom. The van der Waals surface area contributed by atoms with E-state index in [1.165, 1.54) is 28.4 Å². The Labute approximate surface area is 207 Å². The molecule has 0 spiro atoms. The monoisotopic (exact) mass is 513 g/mol. The Balaban J connectivity index is 1.51. The average molecular weight is 514 g/mol. The lowest BCUT2D eigenvalue weighted by Gasteiger charge is -2.29. The largest absolute Gasteiger partial charge is 0.347 e. The van der Waals surface area contributed by atoms with Crippen LogP contribution in [0.4, 0.5) is 21.9 Å². The summed E-state index contributed by atoms with van der Waals surface area (Å²) in [6.45, 7) is 6.62. The van der Waals surface area contributed by atoms with Gasteiger partial charge < -0.3 is 16.0 Å². The summed E-state index contributed by atoms with van der Waals surface area (Å²) in [5.41, 5.74) is 1.57. The van der Waals surface area contributed by atoms with Crippen LogP contribution in [-0.4, -0.2) is 49.2 Å². The highest BCUT2D eigenvalue weighted by Crippen LogP contribution is 2.45. The first-order chi connectivity index (χ1) is 16.6. The van der Waals surface area contributed by atoms with Crippen molar-refractivity contribution in [3.8, 4) is 0 Å². The van der Waals surface area contributed by atoms with Gasteiger partial charge in [-0.3, -0.25) is 9.69 Å². The Kier molecular flexibility index (Phi) is 5.81. The molecule has 0 radical (unpaired) electrons. The molecule has 184 valence electrons. The van der Waals surface area contributed by atoms with Crippen molar-refractivity contribution in [2.75, 3.05) is 23.3 Å². The summed E-state index contributed by atoms with van der Waals surface area (Å²) >= 11 is 1.24. The molecule has 3 N–H and O–H groups in total. The van der Waals surface area contributed by atoms with Crippen molar-refractivity contribution < 1.29 is 18.0 Å². The number of aromatic nitrogens is 1. The number of pyridine rings is 1. The van der Waals surface area contributed by atoms with Gasteiger partial charge in [0.2, 0.25) is 0 Å². The van der Waals surface area contributed by atoms with Gasteiger partial charge in [0, 0.05) is 18.8 Å². The van der Waals surface area contributed by atoms with Gasteiger partial charge in [0.05, 0.1) is 32.1 Å². The van der Waals surface area contributed by atoms with Crippen LogP contribution in [0.15, 0.2) is 41.4 Å². The molecule has 3 aromatic rings. The van der Waals surface area contributed by atoms with Crippen LogP contribution >= 0.6 is 11.3 Å². The number of amides is 3. The molecular weight excluding hydrogens is 486 g/mol. The third kappa shape index (κ3) is 4.07. The second-order valence-electron chi connectivity index (χ2n) is 9.71. The molecule has 9 nitrogen and oxygen atoms in total. The van der Waals surface area contributed by atoms with Crippen LogP contribution in [-0.2, 0) is 9.84 Å². The number of hydrogen-bond acceptors (Lipinski definition) is 7. The number of anilines is 3. The standard InChI is InChI=1S/C24H27N5O4S2/c1-24(2,3)35(32,33)16-8-6-15(7-9-16)29-17-10-12-26-22-18(17)19(28-23(29)31)20(34-22)21(30)27-14-5-4-11-25-13-14/h6-10,12,14,25H,4-5,11,13H2,1-3H3,(H,27,30)(H,28,31). The Hall–Kier alpha value is -3.02. The smallest absolute Gasteiger partial charge is 0.331 e. The van der Waals surface area contributed by atoms with E-state index < -0.39 is 20.6 Å². The maximum Gasteiger partial charge on any atom is 0.331 e. The molecule has 1 unspecified atom stereocenters. The number of thiophene rings is 1. The van der Waals surface area contributed by atoms with Crippen molar-refractivity contribution in [2.24, 2.45) is 0 Å². The second kappa shape index (κ2) is 8.58. The van der Waals surface area contributed by atoms with Crippen molar-refractivity contribution in [3.63, 3.8) is 0 Å². The van der Waals surface area contributed by atoms with Gasteiger partial charge in [-0.1, -0.05) is 0 Å². The number of nitrogens with zero attached hydrogens (tertiary/aromatic N) is 2. The molecule has 0 aliphatic carbocycles. The van der Waals surface area contributed by atoms with Crippen LogP contribution in [0.3, 0.4) is 0 Å². The molecule has 4 heterocycles.